The number of hydrogen-bond acceptors (Lipinski definition) is 8. The number of aromatic nitrogens is 5. The molecule has 0 saturated carbocycles. The molecule has 112 valence electrons. The van der Waals surface area contributed by atoms with Gasteiger partial charge < -0.3 is 15.4 Å². The third-order valence-corrected chi connectivity index (χ3v) is 2.54. The van der Waals surface area contributed by atoms with Crippen LogP contribution in [-0.2, 0) is 6.54 Å². The van der Waals surface area contributed by atoms with E-state index in [-0.39, 0.29) is 0 Å². The van der Waals surface area contributed by atoms with Crippen molar-refractivity contribution in [2.24, 2.45) is 0 Å². The molecule has 8 heteroatoms. The average molecular weight is 289 g/mol. The van der Waals surface area contributed by atoms with Crippen molar-refractivity contribution in [2.45, 2.75) is 26.8 Å². The second kappa shape index (κ2) is 7.32. The fraction of sp³-hybridized carbons (Fsp3) is 0.462. The van der Waals surface area contributed by atoms with Gasteiger partial charge in [-0.05, 0) is 19.4 Å². The van der Waals surface area contributed by atoms with Gasteiger partial charge in [-0.1, -0.05) is 6.92 Å². The van der Waals surface area contributed by atoms with Crippen LogP contribution in [0.15, 0.2) is 12.3 Å². The first kappa shape index (κ1) is 14.9. The van der Waals surface area contributed by atoms with Crippen LogP contribution >= 0.6 is 0 Å². The Balaban J connectivity index is 2.07. The Morgan fingerprint density at radius 3 is 2.67 bits per heavy atom. The zero-order chi connectivity index (χ0) is 15.1. The van der Waals surface area contributed by atoms with Gasteiger partial charge in [-0.15, -0.1) is 0 Å². The third kappa shape index (κ3) is 4.51. The summed E-state index contributed by atoms with van der Waals surface area (Å²) in [5.41, 5.74) is 0.866. The molecule has 0 saturated heterocycles. The minimum absolute atomic E-state index is 0.303. The van der Waals surface area contributed by atoms with Gasteiger partial charge in [-0.2, -0.15) is 15.0 Å². The summed E-state index contributed by atoms with van der Waals surface area (Å²) < 4.78 is 5.44. The van der Waals surface area contributed by atoms with Crippen LogP contribution in [0.2, 0.25) is 0 Å². The van der Waals surface area contributed by atoms with E-state index in [2.05, 4.69) is 35.6 Å². The molecule has 0 fully saturated rings. The molecule has 2 aromatic heterocycles. The lowest BCUT2D eigenvalue weighted by molar-refractivity contribution is 0.292. The van der Waals surface area contributed by atoms with E-state index in [0.29, 0.717) is 31.1 Å². The second-order valence-corrected chi connectivity index (χ2v) is 4.31. The molecule has 0 aliphatic heterocycles. The molecular weight excluding hydrogens is 270 g/mol. The van der Waals surface area contributed by atoms with Crippen molar-refractivity contribution in [2.75, 3.05) is 24.3 Å². The van der Waals surface area contributed by atoms with Crippen molar-refractivity contribution in [3.05, 3.63) is 23.8 Å². The molecule has 0 bridgehead atoms. The van der Waals surface area contributed by atoms with Crippen LogP contribution in [0.3, 0.4) is 0 Å². The molecule has 0 aromatic carbocycles. The van der Waals surface area contributed by atoms with Crippen molar-refractivity contribution in [1.29, 1.82) is 0 Å². The van der Waals surface area contributed by atoms with E-state index < -0.39 is 0 Å². The summed E-state index contributed by atoms with van der Waals surface area (Å²) >= 11 is 0. The molecule has 8 nitrogen and oxygen atoms in total. The number of ether oxygens (including phenoxy) is 1. The molecule has 0 spiro atoms. The van der Waals surface area contributed by atoms with Gasteiger partial charge in [-0.3, -0.25) is 0 Å². The fourth-order valence-corrected chi connectivity index (χ4v) is 1.58. The maximum Gasteiger partial charge on any atom is 0.323 e. The Kier molecular flexibility index (Phi) is 5.19. The van der Waals surface area contributed by atoms with Crippen LogP contribution in [0.1, 0.15) is 24.9 Å². The number of anilines is 2. The smallest absolute Gasteiger partial charge is 0.323 e. The summed E-state index contributed by atoms with van der Waals surface area (Å²) in [7, 11) is 1.75. The molecule has 2 rings (SSSR count). The van der Waals surface area contributed by atoms with E-state index in [4.69, 9.17) is 4.74 Å². The summed E-state index contributed by atoms with van der Waals surface area (Å²) in [6.45, 7) is 4.94. The van der Waals surface area contributed by atoms with Gasteiger partial charge in [0.05, 0.1) is 18.8 Å². The SMILES string of the molecule is CCCOc1nc(NC)nc(NCc2ccnc(C)n2)n1. The van der Waals surface area contributed by atoms with Crippen molar-refractivity contribution < 1.29 is 4.74 Å². The summed E-state index contributed by atoms with van der Waals surface area (Å²) in [5.74, 6) is 1.63. The Bertz CT molecular complexity index is 590. The Hall–Kier alpha value is -2.51. The molecule has 2 heterocycles. The first-order chi connectivity index (χ1) is 10.2. The number of rotatable bonds is 7. The van der Waals surface area contributed by atoms with Gasteiger partial charge in [0, 0.05) is 13.2 Å². The normalized spacial score (nSPS) is 10.2. The van der Waals surface area contributed by atoms with Gasteiger partial charge in [0.15, 0.2) is 0 Å². The molecule has 2 N–H and O–H groups in total. The summed E-state index contributed by atoms with van der Waals surface area (Å²) in [6, 6.07) is 2.15. The van der Waals surface area contributed by atoms with E-state index in [0.717, 1.165) is 17.9 Å². The Labute approximate surface area is 123 Å². The standard InChI is InChI=1S/C13H19N7O/c1-4-7-21-13-19-11(14-3)18-12(20-13)16-8-10-5-6-15-9(2)17-10/h5-6H,4,7-8H2,1-3H3,(H2,14,16,18,19,20). The van der Waals surface area contributed by atoms with Gasteiger partial charge in [-0.25, -0.2) is 9.97 Å². The summed E-state index contributed by atoms with van der Waals surface area (Å²) in [5, 5.41) is 5.99. The highest BCUT2D eigenvalue weighted by Crippen LogP contribution is 2.11. The van der Waals surface area contributed by atoms with Crippen LogP contribution in [-0.4, -0.2) is 38.6 Å². The maximum atomic E-state index is 5.44. The highest BCUT2D eigenvalue weighted by atomic mass is 16.5. The lowest BCUT2D eigenvalue weighted by Gasteiger charge is -2.09. The number of nitrogens with zero attached hydrogens (tertiary/aromatic N) is 5. The minimum Gasteiger partial charge on any atom is -0.463 e. The van der Waals surface area contributed by atoms with E-state index >= 15 is 0 Å². The topological polar surface area (TPSA) is 97.7 Å². The van der Waals surface area contributed by atoms with Crippen LogP contribution in [0, 0.1) is 6.92 Å². The molecule has 0 amide bonds. The lowest BCUT2D eigenvalue weighted by Crippen LogP contribution is -2.10. The maximum absolute atomic E-state index is 5.44. The van der Waals surface area contributed by atoms with Gasteiger partial charge in [0.2, 0.25) is 11.9 Å². The largest absolute Gasteiger partial charge is 0.463 e. The lowest BCUT2D eigenvalue weighted by atomic mass is 10.4. The van der Waals surface area contributed by atoms with Crippen molar-refractivity contribution in [3.63, 3.8) is 0 Å². The molecule has 21 heavy (non-hydrogen) atoms. The zero-order valence-electron chi connectivity index (χ0n) is 12.4. The molecule has 0 aliphatic rings. The number of aryl methyl sites for hydroxylation is 1. The number of hydrogen-bond donors (Lipinski definition) is 2. The Morgan fingerprint density at radius 1 is 1.14 bits per heavy atom. The highest BCUT2D eigenvalue weighted by molar-refractivity contribution is 5.35. The zero-order valence-corrected chi connectivity index (χ0v) is 12.4. The van der Waals surface area contributed by atoms with Crippen LogP contribution < -0.4 is 15.4 Å². The molecule has 0 unspecified atom stereocenters. The Morgan fingerprint density at radius 2 is 1.95 bits per heavy atom. The van der Waals surface area contributed by atoms with E-state index in [1.165, 1.54) is 0 Å². The third-order valence-electron chi connectivity index (χ3n) is 2.54. The molecule has 2 aromatic rings. The average Bonchev–Trinajstić information content (AvgIpc) is 2.51. The summed E-state index contributed by atoms with van der Waals surface area (Å²) in [4.78, 5) is 21.0. The molecule has 0 aliphatic carbocycles. The first-order valence-corrected chi connectivity index (χ1v) is 6.80. The van der Waals surface area contributed by atoms with Crippen LogP contribution in [0.4, 0.5) is 11.9 Å². The number of nitrogens with one attached hydrogen (secondary N) is 2. The van der Waals surface area contributed by atoms with E-state index in [9.17, 15) is 0 Å². The van der Waals surface area contributed by atoms with Crippen molar-refractivity contribution in [1.82, 2.24) is 24.9 Å². The quantitative estimate of drug-likeness (QED) is 0.789. The summed E-state index contributed by atoms with van der Waals surface area (Å²) in [6.07, 6.45) is 2.62. The van der Waals surface area contributed by atoms with Crippen LogP contribution in [0.25, 0.3) is 0 Å². The van der Waals surface area contributed by atoms with Crippen molar-refractivity contribution >= 4 is 11.9 Å². The van der Waals surface area contributed by atoms with E-state index in [1.807, 2.05) is 19.9 Å². The minimum atomic E-state index is 0.303. The second-order valence-electron chi connectivity index (χ2n) is 4.31. The highest BCUT2D eigenvalue weighted by Gasteiger charge is 2.06. The monoisotopic (exact) mass is 289 g/mol. The van der Waals surface area contributed by atoms with Gasteiger partial charge in [0.25, 0.3) is 0 Å². The predicted octanol–water partition coefficient (Wildman–Crippen LogP) is 1.41. The molecule has 0 radical (unpaired) electrons. The first-order valence-electron chi connectivity index (χ1n) is 6.80. The van der Waals surface area contributed by atoms with Crippen LogP contribution in [0.5, 0.6) is 6.01 Å². The fourth-order valence-electron chi connectivity index (χ4n) is 1.58. The van der Waals surface area contributed by atoms with Crippen molar-refractivity contribution in [3.8, 4) is 6.01 Å². The van der Waals surface area contributed by atoms with Gasteiger partial charge >= 0.3 is 6.01 Å². The van der Waals surface area contributed by atoms with Gasteiger partial charge in [0.1, 0.15) is 5.82 Å². The van der Waals surface area contributed by atoms with E-state index in [1.54, 1.807) is 13.2 Å². The molecule has 0 atom stereocenters. The molecular formula is C13H19N7O. The predicted molar refractivity (Wildman–Crippen MR) is 79.3 cm³/mol.